The van der Waals surface area contributed by atoms with Gasteiger partial charge < -0.3 is 10.2 Å². The third-order valence-electron chi connectivity index (χ3n) is 4.31. The highest BCUT2D eigenvalue weighted by Gasteiger charge is 2.22. The molecule has 1 atom stereocenters. The van der Waals surface area contributed by atoms with E-state index < -0.39 is 0 Å². The van der Waals surface area contributed by atoms with E-state index in [1.807, 2.05) is 0 Å². The van der Waals surface area contributed by atoms with Gasteiger partial charge in [0.25, 0.3) is 5.56 Å². The number of hydrogen-bond donors (Lipinski definition) is 2. The molecule has 122 valence electrons. The molecule has 1 aromatic carbocycles. The zero-order valence-electron chi connectivity index (χ0n) is 13.0. The number of anilines is 1. The molecule has 1 unspecified atom stereocenters. The molecule has 1 aliphatic heterocycles. The Hall–Kier alpha value is -1.85. The smallest absolute Gasteiger partial charge is 0.285 e. The summed E-state index contributed by atoms with van der Waals surface area (Å²) in [5.74, 6) is 0.570. The number of rotatable bonds is 6. The van der Waals surface area contributed by atoms with Gasteiger partial charge in [0.05, 0.1) is 11.9 Å². The molecular weight excluding hydrogens is 312 g/mol. The van der Waals surface area contributed by atoms with Gasteiger partial charge >= 0.3 is 0 Å². The topological polar surface area (TPSA) is 61.0 Å². The maximum atomic E-state index is 11.4. The Morgan fingerprint density at radius 2 is 2.17 bits per heavy atom. The Morgan fingerprint density at radius 1 is 1.35 bits per heavy atom. The van der Waals surface area contributed by atoms with Crippen LogP contribution in [0, 0.1) is 5.92 Å². The molecule has 0 aliphatic carbocycles. The van der Waals surface area contributed by atoms with Gasteiger partial charge in [0.15, 0.2) is 0 Å². The summed E-state index contributed by atoms with van der Waals surface area (Å²) in [5.41, 5.74) is 1.64. The number of nitrogens with zero attached hydrogens (tertiary/aromatic N) is 2. The Balaban J connectivity index is 1.45. The van der Waals surface area contributed by atoms with Crippen LogP contribution in [0.15, 0.2) is 41.3 Å². The van der Waals surface area contributed by atoms with Crippen molar-refractivity contribution in [2.75, 3.05) is 31.5 Å². The van der Waals surface area contributed by atoms with Crippen molar-refractivity contribution in [3.05, 3.63) is 57.5 Å². The van der Waals surface area contributed by atoms with E-state index >= 15 is 0 Å². The fourth-order valence-electron chi connectivity index (χ4n) is 2.98. The Bertz CT molecular complexity index is 688. The number of H-pyrrole nitrogens is 1. The zero-order valence-corrected chi connectivity index (χ0v) is 13.7. The van der Waals surface area contributed by atoms with Crippen LogP contribution in [0.4, 0.5) is 5.69 Å². The quantitative estimate of drug-likeness (QED) is 0.852. The number of aromatic amines is 1. The first kappa shape index (κ1) is 16.0. The lowest BCUT2D eigenvalue weighted by Crippen LogP contribution is -2.25. The van der Waals surface area contributed by atoms with Gasteiger partial charge in [-0.25, -0.2) is 5.10 Å². The standard InChI is InChI=1S/C17H21ClN4O/c18-16-15(11-20-21-17(16)23)19-10-14-7-9-22(12-14)8-6-13-4-2-1-3-5-13/h1-5,11,14H,6-10,12H2,(H2,19,21,23). The first-order chi connectivity index (χ1) is 11.2. The van der Waals surface area contributed by atoms with Crippen molar-refractivity contribution in [3.63, 3.8) is 0 Å². The average molecular weight is 333 g/mol. The first-order valence-electron chi connectivity index (χ1n) is 7.95. The van der Waals surface area contributed by atoms with Crippen molar-refractivity contribution >= 4 is 17.3 Å². The predicted molar refractivity (Wildman–Crippen MR) is 93.1 cm³/mol. The maximum absolute atomic E-state index is 11.4. The van der Waals surface area contributed by atoms with Crippen molar-refractivity contribution in [2.24, 2.45) is 5.92 Å². The normalized spacial score (nSPS) is 18.2. The van der Waals surface area contributed by atoms with Crippen molar-refractivity contribution in [2.45, 2.75) is 12.8 Å². The van der Waals surface area contributed by atoms with E-state index in [9.17, 15) is 4.79 Å². The summed E-state index contributed by atoms with van der Waals surface area (Å²) in [6, 6.07) is 10.6. The highest BCUT2D eigenvalue weighted by atomic mass is 35.5. The lowest BCUT2D eigenvalue weighted by molar-refractivity contribution is 0.330. The third-order valence-corrected chi connectivity index (χ3v) is 4.68. The first-order valence-corrected chi connectivity index (χ1v) is 8.33. The molecule has 0 saturated carbocycles. The van der Waals surface area contributed by atoms with Crippen LogP contribution in [0.25, 0.3) is 0 Å². The molecule has 6 heteroatoms. The van der Waals surface area contributed by atoms with Gasteiger partial charge in [-0.3, -0.25) is 4.79 Å². The van der Waals surface area contributed by atoms with Gasteiger partial charge in [0, 0.05) is 19.6 Å². The summed E-state index contributed by atoms with van der Waals surface area (Å²) in [5, 5.41) is 9.52. The lowest BCUT2D eigenvalue weighted by Gasteiger charge is -2.16. The van der Waals surface area contributed by atoms with Crippen molar-refractivity contribution in [3.8, 4) is 0 Å². The number of halogens is 1. The Morgan fingerprint density at radius 3 is 3.00 bits per heavy atom. The van der Waals surface area contributed by atoms with Crippen LogP contribution >= 0.6 is 11.6 Å². The molecule has 3 rings (SSSR count). The van der Waals surface area contributed by atoms with E-state index in [0.29, 0.717) is 11.6 Å². The fourth-order valence-corrected chi connectivity index (χ4v) is 3.13. The molecule has 0 bridgehead atoms. The van der Waals surface area contributed by atoms with E-state index in [2.05, 4.69) is 50.7 Å². The average Bonchev–Trinajstić information content (AvgIpc) is 3.03. The molecule has 1 fully saturated rings. The molecule has 2 heterocycles. The van der Waals surface area contributed by atoms with Crippen molar-refractivity contribution in [1.29, 1.82) is 0 Å². The summed E-state index contributed by atoms with van der Waals surface area (Å²) in [6.45, 7) is 4.11. The molecule has 0 amide bonds. The van der Waals surface area contributed by atoms with Crippen LogP contribution in [0.3, 0.4) is 0 Å². The van der Waals surface area contributed by atoms with Crippen molar-refractivity contribution < 1.29 is 0 Å². The number of nitrogens with one attached hydrogen (secondary N) is 2. The summed E-state index contributed by atoms with van der Waals surface area (Å²) >= 11 is 5.97. The molecule has 23 heavy (non-hydrogen) atoms. The van der Waals surface area contributed by atoms with E-state index in [-0.39, 0.29) is 10.6 Å². The SMILES string of the molecule is O=c1[nH]ncc(NCC2CCN(CCc3ccccc3)C2)c1Cl. The van der Waals surface area contributed by atoms with Crippen LogP contribution in [-0.4, -0.2) is 41.3 Å². The minimum Gasteiger partial charge on any atom is -0.382 e. The Kier molecular flexibility index (Phi) is 5.31. The number of likely N-dealkylation sites (tertiary alicyclic amines) is 1. The fraction of sp³-hybridized carbons (Fsp3) is 0.412. The second kappa shape index (κ2) is 7.62. The Labute approximate surface area is 140 Å². The van der Waals surface area contributed by atoms with Crippen LogP contribution in [0.1, 0.15) is 12.0 Å². The van der Waals surface area contributed by atoms with Crippen LogP contribution in [0.5, 0.6) is 0 Å². The summed E-state index contributed by atoms with van der Waals surface area (Å²) in [6.07, 6.45) is 3.81. The number of benzene rings is 1. The van der Waals surface area contributed by atoms with E-state index in [4.69, 9.17) is 11.6 Å². The molecular formula is C17H21ClN4O. The lowest BCUT2D eigenvalue weighted by atomic mass is 10.1. The van der Waals surface area contributed by atoms with Gasteiger partial charge in [-0.15, -0.1) is 0 Å². The van der Waals surface area contributed by atoms with E-state index in [1.165, 1.54) is 5.56 Å². The summed E-state index contributed by atoms with van der Waals surface area (Å²) in [7, 11) is 0. The van der Waals surface area contributed by atoms with Gasteiger partial charge in [0.1, 0.15) is 5.02 Å². The largest absolute Gasteiger partial charge is 0.382 e. The molecule has 2 aromatic rings. The van der Waals surface area contributed by atoms with Gasteiger partial charge in [-0.2, -0.15) is 5.10 Å². The number of hydrogen-bond acceptors (Lipinski definition) is 4. The van der Waals surface area contributed by atoms with E-state index in [0.717, 1.165) is 39.0 Å². The highest BCUT2D eigenvalue weighted by Crippen LogP contribution is 2.20. The summed E-state index contributed by atoms with van der Waals surface area (Å²) in [4.78, 5) is 13.9. The number of aromatic nitrogens is 2. The van der Waals surface area contributed by atoms with Crippen LogP contribution in [0.2, 0.25) is 5.02 Å². The van der Waals surface area contributed by atoms with Gasteiger partial charge in [-0.1, -0.05) is 41.9 Å². The second-order valence-corrected chi connectivity index (χ2v) is 6.38. The third kappa shape index (κ3) is 4.33. The second-order valence-electron chi connectivity index (χ2n) is 6.00. The molecule has 0 spiro atoms. The van der Waals surface area contributed by atoms with Crippen LogP contribution in [-0.2, 0) is 6.42 Å². The molecule has 2 N–H and O–H groups in total. The summed E-state index contributed by atoms with van der Waals surface area (Å²) < 4.78 is 0. The minimum absolute atomic E-state index is 0.180. The monoisotopic (exact) mass is 332 g/mol. The highest BCUT2D eigenvalue weighted by molar-refractivity contribution is 6.32. The minimum atomic E-state index is -0.354. The molecule has 5 nitrogen and oxygen atoms in total. The maximum Gasteiger partial charge on any atom is 0.285 e. The predicted octanol–water partition coefficient (Wildman–Crippen LogP) is 2.40. The van der Waals surface area contributed by atoms with Crippen molar-refractivity contribution in [1.82, 2.24) is 15.1 Å². The molecule has 1 aliphatic rings. The van der Waals surface area contributed by atoms with Gasteiger partial charge in [0.2, 0.25) is 0 Å². The molecule has 1 saturated heterocycles. The van der Waals surface area contributed by atoms with Gasteiger partial charge in [-0.05, 0) is 30.9 Å². The van der Waals surface area contributed by atoms with E-state index in [1.54, 1.807) is 6.20 Å². The van der Waals surface area contributed by atoms with Crippen LogP contribution < -0.4 is 10.9 Å². The molecule has 1 aromatic heterocycles. The molecule has 0 radical (unpaired) electrons. The zero-order chi connectivity index (χ0) is 16.1.